The molecule has 0 aliphatic carbocycles. The average molecular weight is 462 g/mol. The first-order valence-electron chi connectivity index (χ1n) is 9.20. The molecule has 2 aromatic heterocycles. The van der Waals surface area contributed by atoms with Gasteiger partial charge >= 0.3 is 0 Å². The lowest BCUT2D eigenvalue weighted by Gasteiger charge is -2.27. The highest BCUT2D eigenvalue weighted by atomic mass is 79.9. The molecule has 5 nitrogen and oxygen atoms in total. The number of benzene rings is 1. The van der Waals surface area contributed by atoms with E-state index in [2.05, 4.69) is 31.2 Å². The second kappa shape index (κ2) is 8.88. The van der Waals surface area contributed by atoms with Crippen LogP contribution in [0.3, 0.4) is 0 Å². The summed E-state index contributed by atoms with van der Waals surface area (Å²) in [4.78, 5) is 24.1. The first-order valence-corrected chi connectivity index (χ1v) is 9.99. The lowest BCUT2D eigenvalue weighted by Crippen LogP contribution is -2.36. The summed E-state index contributed by atoms with van der Waals surface area (Å²) in [5.41, 5.74) is 3.83. The maximum Gasteiger partial charge on any atom is 0.257 e. The summed E-state index contributed by atoms with van der Waals surface area (Å²) in [5, 5.41) is 4.29. The monoisotopic (exact) mass is 460 g/mol. The summed E-state index contributed by atoms with van der Waals surface area (Å²) in [6.45, 7) is 3.55. The normalized spacial score (nSPS) is 13.9. The van der Waals surface area contributed by atoms with Crippen molar-refractivity contribution in [2.45, 2.75) is 26.2 Å². The maximum atomic E-state index is 13.2. The van der Waals surface area contributed by atoms with Crippen LogP contribution in [0, 0.1) is 6.92 Å². The number of nitrogens with one attached hydrogen (secondary N) is 1. The van der Waals surface area contributed by atoms with Crippen LogP contribution in [-0.2, 0) is 0 Å². The Hall–Kier alpha value is -2.18. The van der Waals surface area contributed by atoms with Crippen LogP contribution < -0.4 is 5.32 Å². The van der Waals surface area contributed by atoms with Crippen LogP contribution in [0.2, 0.25) is 0 Å². The number of rotatable bonds is 3. The van der Waals surface area contributed by atoms with Gasteiger partial charge in [-0.05, 0) is 62.6 Å². The fraction of sp³-hybridized carbons (Fsp3) is 0.286. The quantitative estimate of drug-likeness (QED) is 0.560. The van der Waals surface area contributed by atoms with E-state index >= 15 is 0 Å². The molecular weight excluding hydrogens is 440 g/mol. The Balaban J connectivity index is 0.00000225. The standard InChI is InChI=1S/C21H21BrN4O.ClH/c1-14-5-10-17-19(25-16-8-6-15(22)7-9-16)18(13-23-20(17)24-14)21(27)26-11-3-2-4-12-26;/h5-10,13H,2-4,11-12H2,1H3,(H,23,24,25);1H. The van der Waals surface area contributed by atoms with Crippen molar-refractivity contribution in [3.63, 3.8) is 0 Å². The van der Waals surface area contributed by atoms with Crippen molar-refractivity contribution in [3.05, 3.63) is 58.3 Å². The number of halogens is 2. The minimum atomic E-state index is 0. The molecule has 0 unspecified atom stereocenters. The Morgan fingerprint density at radius 2 is 1.79 bits per heavy atom. The van der Waals surface area contributed by atoms with Gasteiger partial charge in [0.25, 0.3) is 5.91 Å². The van der Waals surface area contributed by atoms with E-state index in [0.29, 0.717) is 11.2 Å². The molecule has 1 aliphatic rings. The Bertz CT molecular complexity index is 988. The van der Waals surface area contributed by atoms with Crippen molar-refractivity contribution in [2.24, 2.45) is 0 Å². The summed E-state index contributed by atoms with van der Waals surface area (Å²) < 4.78 is 1.01. The smallest absolute Gasteiger partial charge is 0.257 e. The van der Waals surface area contributed by atoms with Crippen LogP contribution in [0.5, 0.6) is 0 Å². The van der Waals surface area contributed by atoms with Crippen LogP contribution in [0.1, 0.15) is 35.3 Å². The highest BCUT2D eigenvalue weighted by molar-refractivity contribution is 9.10. The van der Waals surface area contributed by atoms with Gasteiger partial charge in [-0.3, -0.25) is 4.79 Å². The predicted molar refractivity (Wildman–Crippen MR) is 119 cm³/mol. The highest BCUT2D eigenvalue weighted by Crippen LogP contribution is 2.30. The van der Waals surface area contributed by atoms with Gasteiger partial charge in [-0.2, -0.15) is 0 Å². The van der Waals surface area contributed by atoms with Crippen molar-refractivity contribution in [1.82, 2.24) is 14.9 Å². The number of piperidine rings is 1. The van der Waals surface area contributed by atoms with E-state index in [1.807, 2.05) is 48.2 Å². The average Bonchev–Trinajstić information content (AvgIpc) is 2.70. The number of hydrogen-bond donors (Lipinski definition) is 1. The topological polar surface area (TPSA) is 58.1 Å². The van der Waals surface area contributed by atoms with Crippen molar-refractivity contribution in [3.8, 4) is 0 Å². The van der Waals surface area contributed by atoms with E-state index in [0.717, 1.165) is 52.9 Å². The van der Waals surface area contributed by atoms with E-state index in [9.17, 15) is 4.79 Å². The minimum Gasteiger partial charge on any atom is -0.354 e. The first-order chi connectivity index (χ1) is 13.1. The number of aryl methyl sites for hydroxylation is 1. The molecule has 0 spiro atoms. The molecule has 146 valence electrons. The van der Waals surface area contributed by atoms with E-state index in [4.69, 9.17) is 0 Å². The minimum absolute atomic E-state index is 0. The number of likely N-dealkylation sites (tertiary alicyclic amines) is 1. The largest absolute Gasteiger partial charge is 0.354 e. The van der Waals surface area contributed by atoms with Crippen LogP contribution in [0.4, 0.5) is 11.4 Å². The van der Waals surface area contributed by atoms with Gasteiger partial charge in [-0.15, -0.1) is 12.4 Å². The van der Waals surface area contributed by atoms with Gasteiger partial charge in [-0.1, -0.05) is 15.9 Å². The van der Waals surface area contributed by atoms with Crippen LogP contribution >= 0.6 is 28.3 Å². The van der Waals surface area contributed by atoms with E-state index in [-0.39, 0.29) is 18.3 Å². The van der Waals surface area contributed by atoms with Crippen molar-refractivity contribution >= 4 is 56.7 Å². The summed E-state index contributed by atoms with van der Waals surface area (Å²) in [6, 6.07) is 11.8. The zero-order chi connectivity index (χ0) is 18.8. The van der Waals surface area contributed by atoms with Gasteiger partial charge in [0.15, 0.2) is 5.65 Å². The molecule has 1 saturated heterocycles. The fourth-order valence-electron chi connectivity index (χ4n) is 3.41. The Labute approximate surface area is 179 Å². The fourth-order valence-corrected chi connectivity index (χ4v) is 3.68. The molecule has 1 aliphatic heterocycles. The van der Waals surface area contributed by atoms with Gasteiger partial charge in [-0.25, -0.2) is 9.97 Å². The third-order valence-electron chi connectivity index (χ3n) is 4.86. The summed E-state index contributed by atoms with van der Waals surface area (Å²) in [6.07, 6.45) is 4.96. The van der Waals surface area contributed by atoms with E-state index < -0.39 is 0 Å². The SMILES string of the molecule is Cc1ccc2c(Nc3ccc(Br)cc3)c(C(=O)N3CCCCC3)cnc2n1.Cl. The van der Waals surface area contributed by atoms with Crippen LogP contribution in [0.25, 0.3) is 11.0 Å². The lowest BCUT2D eigenvalue weighted by molar-refractivity contribution is 0.0725. The molecule has 4 rings (SSSR count). The summed E-state index contributed by atoms with van der Waals surface area (Å²) >= 11 is 3.46. The number of nitrogens with zero attached hydrogens (tertiary/aromatic N) is 3. The molecule has 3 aromatic rings. The van der Waals surface area contributed by atoms with Crippen molar-refractivity contribution in [2.75, 3.05) is 18.4 Å². The molecule has 1 N–H and O–H groups in total. The van der Waals surface area contributed by atoms with Gasteiger partial charge in [0.1, 0.15) is 0 Å². The van der Waals surface area contributed by atoms with Gasteiger partial charge < -0.3 is 10.2 Å². The van der Waals surface area contributed by atoms with Crippen LogP contribution in [0.15, 0.2) is 47.1 Å². The number of aromatic nitrogens is 2. The Morgan fingerprint density at radius 1 is 1.07 bits per heavy atom. The molecule has 0 atom stereocenters. The molecule has 1 amide bonds. The zero-order valence-electron chi connectivity index (χ0n) is 15.6. The van der Waals surface area contributed by atoms with Crippen molar-refractivity contribution in [1.29, 1.82) is 0 Å². The molecule has 1 fully saturated rings. The Kier molecular flexibility index (Phi) is 6.52. The molecule has 0 radical (unpaired) electrons. The first kappa shape index (κ1) is 20.6. The van der Waals surface area contributed by atoms with E-state index in [1.54, 1.807) is 6.20 Å². The molecule has 28 heavy (non-hydrogen) atoms. The third kappa shape index (κ3) is 4.28. The number of carbonyl (C=O) groups is 1. The maximum absolute atomic E-state index is 13.2. The highest BCUT2D eigenvalue weighted by Gasteiger charge is 2.23. The zero-order valence-corrected chi connectivity index (χ0v) is 18.0. The molecule has 0 saturated carbocycles. The lowest BCUT2D eigenvalue weighted by atomic mass is 10.1. The van der Waals surface area contributed by atoms with E-state index in [1.165, 1.54) is 6.42 Å². The van der Waals surface area contributed by atoms with Crippen molar-refractivity contribution < 1.29 is 4.79 Å². The number of anilines is 2. The summed E-state index contributed by atoms with van der Waals surface area (Å²) in [7, 11) is 0. The van der Waals surface area contributed by atoms with Gasteiger partial charge in [0.2, 0.25) is 0 Å². The second-order valence-electron chi connectivity index (χ2n) is 6.86. The van der Waals surface area contributed by atoms with Crippen LogP contribution in [-0.4, -0.2) is 33.9 Å². The van der Waals surface area contributed by atoms with Gasteiger partial charge in [0.05, 0.1) is 11.3 Å². The number of hydrogen-bond acceptors (Lipinski definition) is 4. The number of fused-ring (bicyclic) bond motifs is 1. The molecule has 7 heteroatoms. The second-order valence-corrected chi connectivity index (χ2v) is 7.77. The number of pyridine rings is 2. The number of amides is 1. The Morgan fingerprint density at radius 3 is 2.50 bits per heavy atom. The molecule has 1 aromatic carbocycles. The number of carbonyl (C=O) groups excluding carboxylic acids is 1. The van der Waals surface area contributed by atoms with Gasteiger partial charge in [0, 0.05) is 40.5 Å². The predicted octanol–water partition coefficient (Wildman–Crippen LogP) is 5.49. The third-order valence-corrected chi connectivity index (χ3v) is 5.38. The molecule has 0 bridgehead atoms. The summed E-state index contributed by atoms with van der Waals surface area (Å²) in [5.74, 6) is 0.0317. The molecular formula is C21H22BrClN4O. The molecule has 3 heterocycles.